The monoisotopic (exact) mass is 483 g/mol. The van der Waals surface area contributed by atoms with E-state index in [4.69, 9.17) is 21.7 Å². The van der Waals surface area contributed by atoms with E-state index in [1.807, 2.05) is 0 Å². The number of pyridine rings is 1. The van der Waals surface area contributed by atoms with Gasteiger partial charge in [-0.1, -0.05) is 36.1 Å². The van der Waals surface area contributed by atoms with Crippen LogP contribution in [-0.4, -0.2) is 27.2 Å². The lowest BCUT2D eigenvalue weighted by Gasteiger charge is -2.14. The molecule has 2 heterocycles. The molecular weight excluding hydrogens is 469 g/mol. The molecule has 3 aromatic rings. The zero-order chi connectivity index (χ0) is 23.5. The molecule has 0 bridgehead atoms. The maximum absolute atomic E-state index is 13.6. The highest BCUT2D eigenvalue weighted by atomic mass is 32.2. The van der Waals surface area contributed by atoms with E-state index in [0.717, 1.165) is 11.8 Å². The summed E-state index contributed by atoms with van der Waals surface area (Å²) in [5.74, 6) is -0.532. The highest BCUT2D eigenvalue weighted by molar-refractivity contribution is 8.27. The molecule has 1 aliphatic rings. The quantitative estimate of drug-likeness (QED) is 0.201. The number of ether oxygens (including phenoxy) is 2. The average molecular weight is 484 g/mol. The van der Waals surface area contributed by atoms with Crippen LogP contribution >= 0.6 is 24.0 Å². The standard InChI is InChI=1S/C22H14FN3O5S2/c1-30-18-10-13(7-8-17(18)31-20-16(26(28)29)6-3-9-24-20)11-19-21(27)25(22(32)33-19)15-5-2-4-14(23)12-15/h2-12H,1H3/b19-11+. The molecule has 0 unspecified atom stereocenters. The van der Waals surface area contributed by atoms with Crippen LogP contribution in [0.5, 0.6) is 17.4 Å². The van der Waals surface area contributed by atoms with Gasteiger partial charge in [0.1, 0.15) is 5.82 Å². The minimum atomic E-state index is -0.593. The maximum atomic E-state index is 13.6. The number of hydrogen-bond acceptors (Lipinski definition) is 8. The fourth-order valence-corrected chi connectivity index (χ4v) is 4.32. The van der Waals surface area contributed by atoms with Crippen molar-refractivity contribution in [3.8, 4) is 17.4 Å². The van der Waals surface area contributed by atoms with Crippen LogP contribution < -0.4 is 14.4 Å². The molecule has 0 radical (unpaired) electrons. The molecule has 0 aliphatic carbocycles. The summed E-state index contributed by atoms with van der Waals surface area (Å²) >= 11 is 6.40. The molecule has 0 atom stereocenters. The molecule has 0 N–H and O–H groups in total. The lowest BCUT2D eigenvalue weighted by atomic mass is 10.1. The molecule has 1 aromatic heterocycles. The van der Waals surface area contributed by atoms with E-state index < -0.39 is 10.7 Å². The normalized spacial score (nSPS) is 14.6. The summed E-state index contributed by atoms with van der Waals surface area (Å²) in [5, 5.41) is 11.2. The number of carbonyl (C=O) groups is 1. The number of thiocarbonyl (C=S) groups is 1. The molecule has 33 heavy (non-hydrogen) atoms. The van der Waals surface area contributed by atoms with E-state index in [9.17, 15) is 19.3 Å². The third kappa shape index (κ3) is 4.69. The Labute approximate surface area is 196 Å². The van der Waals surface area contributed by atoms with Crippen LogP contribution in [-0.2, 0) is 4.79 Å². The number of halogens is 1. The SMILES string of the molecule is COc1cc(/C=C2/SC(=S)N(c3cccc(F)c3)C2=O)ccc1Oc1ncccc1[N+](=O)[O-]. The van der Waals surface area contributed by atoms with Crippen LogP contribution in [0.15, 0.2) is 65.7 Å². The summed E-state index contributed by atoms with van der Waals surface area (Å²) in [4.78, 5) is 29.0. The molecule has 2 aromatic carbocycles. The molecule has 0 saturated carbocycles. The number of aromatic nitrogens is 1. The van der Waals surface area contributed by atoms with Gasteiger partial charge in [0.2, 0.25) is 0 Å². The van der Waals surface area contributed by atoms with E-state index in [-0.39, 0.29) is 33.3 Å². The molecule has 1 saturated heterocycles. The number of nitro groups is 1. The van der Waals surface area contributed by atoms with Crippen molar-refractivity contribution in [2.75, 3.05) is 12.0 Å². The molecule has 1 fully saturated rings. The summed E-state index contributed by atoms with van der Waals surface area (Å²) < 4.78 is 24.8. The van der Waals surface area contributed by atoms with Gasteiger partial charge in [-0.15, -0.1) is 0 Å². The van der Waals surface area contributed by atoms with Crippen molar-refractivity contribution in [3.63, 3.8) is 0 Å². The lowest BCUT2D eigenvalue weighted by molar-refractivity contribution is -0.386. The number of anilines is 1. The van der Waals surface area contributed by atoms with E-state index in [1.54, 1.807) is 30.3 Å². The zero-order valence-electron chi connectivity index (χ0n) is 16.9. The van der Waals surface area contributed by atoms with Crippen LogP contribution in [0, 0.1) is 15.9 Å². The first-order chi connectivity index (χ1) is 15.9. The molecule has 4 rings (SSSR count). The van der Waals surface area contributed by atoms with Crippen LogP contribution in [0.4, 0.5) is 15.8 Å². The van der Waals surface area contributed by atoms with Gasteiger partial charge in [0.15, 0.2) is 15.8 Å². The first-order valence-electron chi connectivity index (χ1n) is 9.36. The zero-order valence-corrected chi connectivity index (χ0v) is 18.6. The number of carbonyl (C=O) groups excluding carboxylic acids is 1. The number of rotatable bonds is 6. The Morgan fingerprint density at radius 1 is 1.18 bits per heavy atom. The Kier molecular flexibility index (Phi) is 6.33. The summed E-state index contributed by atoms with van der Waals surface area (Å²) in [6, 6.07) is 13.2. The average Bonchev–Trinajstić information content (AvgIpc) is 3.07. The molecule has 11 heteroatoms. The highest BCUT2D eigenvalue weighted by Gasteiger charge is 2.33. The van der Waals surface area contributed by atoms with Crippen molar-refractivity contribution in [2.24, 2.45) is 0 Å². The predicted molar refractivity (Wildman–Crippen MR) is 126 cm³/mol. The second kappa shape index (κ2) is 9.35. The minimum Gasteiger partial charge on any atom is -0.493 e. The van der Waals surface area contributed by atoms with Crippen molar-refractivity contribution in [2.45, 2.75) is 0 Å². The third-order valence-corrected chi connectivity index (χ3v) is 5.80. The number of hydrogen-bond donors (Lipinski definition) is 0. The molecule has 166 valence electrons. The molecule has 1 amide bonds. The second-order valence-corrected chi connectivity index (χ2v) is 8.27. The van der Waals surface area contributed by atoms with Gasteiger partial charge in [0, 0.05) is 12.3 Å². The highest BCUT2D eigenvalue weighted by Crippen LogP contribution is 2.38. The van der Waals surface area contributed by atoms with E-state index in [2.05, 4.69) is 4.98 Å². The Morgan fingerprint density at radius 2 is 2.00 bits per heavy atom. The summed E-state index contributed by atoms with van der Waals surface area (Å²) in [6.07, 6.45) is 3.00. The Hall–Kier alpha value is -3.83. The minimum absolute atomic E-state index is 0.176. The summed E-state index contributed by atoms with van der Waals surface area (Å²) in [5.41, 5.74) is 0.665. The van der Waals surface area contributed by atoms with Crippen molar-refractivity contribution >= 4 is 51.7 Å². The van der Waals surface area contributed by atoms with E-state index in [0.29, 0.717) is 16.2 Å². The van der Waals surface area contributed by atoms with E-state index >= 15 is 0 Å². The number of amides is 1. The van der Waals surface area contributed by atoms with Crippen molar-refractivity contribution in [1.82, 2.24) is 4.98 Å². The van der Waals surface area contributed by atoms with Gasteiger partial charge in [0.05, 0.1) is 22.6 Å². The number of methoxy groups -OCH3 is 1. The maximum Gasteiger partial charge on any atom is 0.331 e. The Bertz CT molecular complexity index is 1310. The van der Waals surface area contributed by atoms with Gasteiger partial charge >= 0.3 is 5.69 Å². The molecule has 8 nitrogen and oxygen atoms in total. The summed E-state index contributed by atoms with van der Waals surface area (Å²) in [6.45, 7) is 0. The fourth-order valence-electron chi connectivity index (χ4n) is 3.02. The fraction of sp³-hybridized carbons (Fsp3) is 0.0455. The molecular formula is C22H14FN3O5S2. The van der Waals surface area contributed by atoms with Crippen LogP contribution in [0.25, 0.3) is 6.08 Å². The lowest BCUT2D eigenvalue weighted by Crippen LogP contribution is -2.27. The van der Waals surface area contributed by atoms with Gasteiger partial charge in [-0.25, -0.2) is 9.37 Å². The van der Waals surface area contributed by atoms with Crippen molar-refractivity contribution in [3.05, 3.63) is 87.2 Å². The largest absolute Gasteiger partial charge is 0.493 e. The van der Waals surface area contributed by atoms with Crippen LogP contribution in [0.1, 0.15) is 5.56 Å². The van der Waals surface area contributed by atoms with Gasteiger partial charge in [-0.05, 0) is 48.0 Å². The van der Waals surface area contributed by atoms with Crippen LogP contribution in [0.2, 0.25) is 0 Å². The van der Waals surface area contributed by atoms with Gasteiger partial charge in [-0.3, -0.25) is 19.8 Å². The first-order valence-corrected chi connectivity index (χ1v) is 10.6. The van der Waals surface area contributed by atoms with Gasteiger partial charge < -0.3 is 9.47 Å². The van der Waals surface area contributed by atoms with Crippen molar-refractivity contribution < 1.29 is 23.6 Å². The second-order valence-electron chi connectivity index (χ2n) is 6.59. The van der Waals surface area contributed by atoms with Crippen molar-refractivity contribution in [1.29, 1.82) is 0 Å². The van der Waals surface area contributed by atoms with E-state index in [1.165, 1.54) is 48.5 Å². The van der Waals surface area contributed by atoms with Gasteiger partial charge in [0.25, 0.3) is 11.8 Å². The Balaban J connectivity index is 1.61. The topological polar surface area (TPSA) is 94.8 Å². The van der Waals surface area contributed by atoms with Gasteiger partial charge in [-0.2, -0.15) is 0 Å². The molecule has 0 spiro atoms. The van der Waals surface area contributed by atoms with Crippen LogP contribution in [0.3, 0.4) is 0 Å². The summed E-state index contributed by atoms with van der Waals surface area (Å²) in [7, 11) is 1.42. The molecule has 1 aliphatic heterocycles. The smallest absolute Gasteiger partial charge is 0.331 e. The third-order valence-electron chi connectivity index (χ3n) is 4.50. The number of benzene rings is 2. The first kappa shape index (κ1) is 22.4. The predicted octanol–water partition coefficient (Wildman–Crippen LogP) is 5.34. The Morgan fingerprint density at radius 3 is 2.73 bits per heavy atom. The number of nitrogens with zero attached hydrogens (tertiary/aromatic N) is 3. The number of thioether (sulfide) groups is 1.